The standard InChI is InChI=1S/C19H25N3O4S2/c1-15-14-18(22-12-4-5-13-27(22,23)24)10-11-19(15)28(25,26)20-16-6-8-17(9-7-16)21(2)3/h6-11,14,20H,4-5,12-13H2,1-3H3. The second-order valence-corrected chi connectivity index (χ2v) is 10.8. The molecule has 1 fully saturated rings. The van der Waals surface area contributed by atoms with E-state index in [1.165, 1.54) is 10.4 Å². The van der Waals surface area contributed by atoms with Crippen LogP contribution in [0, 0.1) is 6.92 Å². The maximum Gasteiger partial charge on any atom is 0.262 e. The van der Waals surface area contributed by atoms with Crippen molar-refractivity contribution in [1.82, 2.24) is 0 Å². The molecular weight excluding hydrogens is 398 g/mol. The summed E-state index contributed by atoms with van der Waals surface area (Å²) in [5.41, 5.74) is 2.43. The highest BCUT2D eigenvalue weighted by molar-refractivity contribution is 7.93. The molecule has 0 bridgehead atoms. The number of sulfonamides is 2. The van der Waals surface area contributed by atoms with Gasteiger partial charge >= 0.3 is 0 Å². The zero-order chi connectivity index (χ0) is 20.5. The number of hydrogen-bond donors (Lipinski definition) is 1. The lowest BCUT2D eigenvalue weighted by Gasteiger charge is -2.28. The van der Waals surface area contributed by atoms with Gasteiger partial charge in [0.25, 0.3) is 10.0 Å². The van der Waals surface area contributed by atoms with Gasteiger partial charge in [-0.25, -0.2) is 16.8 Å². The number of nitrogens with one attached hydrogen (secondary N) is 1. The van der Waals surface area contributed by atoms with Gasteiger partial charge in [-0.2, -0.15) is 0 Å². The minimum Gasteiger partial charge on any atom is -0.378 e. The summed E-state index contributed by atoms with van der Waals surface area (Å²) in [6.07, 6.45) is 1.45. The van der Waals surface area contributed by atoms with Gasteiger partial charge in [-0.1, -0.05) is 0 Å². The first-order valence-corrected chi connectivity index (χ1v) is 12.1. The van der Waals surface area contributed by atoms with E-state index in [1.807, 2.05) is 31.1 Å². The van der Waals surface area contributed by atoms with E-state index in [0.717, 1.165) is 12.1 Å². The Morgan fingerprint density at radius 1 is 1.04 bits per heavy atom. The molecule has 1 saturated heterocycles. The molecule has 2 aromatic rings. The predicted molar refractivity (Wildman–Crippen MR) is 113 cm³/mol. The molecule has 0 unspecified atom stereocenters. The molecule has 0 aliphatic carbocycles. The highest BCUT2D eigenvalue weighted by atomic mass is 32.2. The minimum absolute atomic E-state index is 0.122. The van der Waals surface area contributed by atoms with E-state index in [2.05, 4.69) is 4.72 Å². The van der Waals surface area contributed by atoms with Crippen molar-refractivity contribution < 1.29 is 16.8 Å². The monoisotopic (exact) mass is 423 g/mol. The average Bonchev–Trinajstić information content (AvgIpc) is 2.61. The fraction of sp³-hybridized carbons (Fsp3) is 0.368. The van der Waals surface area contributed by atoms with E-state index < -0.39 is 20.0 Å². The predicted octanol–water partition coefficient (Wildman–Crippen LogP) is 2.79. The van der Waals surface area contributed by atoms with Gasteiger partial charge in [-0.15, -0.1) is 0 Å². The van der Waals surface area contributed by atoms with Crippen molar-refractivity contribution in [2.45, 2.75) is 24.7 Å². The van der Waals surface area contributed by atoms with Gasteiger partial charge in [0.1, 0.15) is 0 Å². The quantitative estimate of drug-likeness (QED) is 0.799. The Labute approximate surface area is 167 Å². The number of hydrogen-bond acceptors (Lipinski definition) is 5. The zero-order valence-corrected chi connectivity index (χ0v) is 17.8. The minimum atomic E-state index is -3.78. The maximum absolute atomic E-state index is 12.8. The molecule has 0 saturated carbocycles. The van der Waals surface area contributed by atoms with Crippen molar-refractivity contribution in [3.63, 3.8) is 0 Å². The van der Waals surface area contributed by atoms with E-state index in [-0.39, 0.29) is 10.6 Å². The summed E-state index contributed by atoms with van der Waals surface area (Å²) in [7, 11) is -3.30. The Morgan fingerprint density at radius 3 is 2.29 bits per heavy atom. The van der Waals surface area contributed by atoms with Crippen LogP contribution in [0.25, 0.3) is 0 Å². The van der Waals surface area contributed by atoms with Gasteiger partial charge in [0, 0.05) is 32.0 Å². The van der Waals surface area contributed by atoms with Gasteiger partial charge < -0.3 is 4.90 Å². The van der Waals surface area contributed by atoms with Crippen LogP contribution in [0.2, 0.25) is 0 Å². The highest BCUT2D eigenvalue weighted by Gasteiger charge is 2.27. The topological polar surface area (TPSA) is 86.8 Å². The molecule has 152 valence electrons. The van der Waals surface area contributed by atoms with E-state index >= 15 is 0 Å². The number of benzene rings is 2. The number of rotatable bonds is 5. The zero-order valence-electron chi connectivity index (χ0n) is 16.2. The molecule has 0 spiro atoms. The third-order valence-corrected chi connectivity index (χ3v) is 8.13. The summed E-state index contributed by atoms with van der Waals surface area (Å²) < 4.78 is 54.1. The summed E-state index contributed by atoms with van der Waals surface area (Å²) in [4.78, 5) is 2.05. The second-order valence-electron chi connectivity index (χ2n) is 7.09. The fourth-order valence-electron chi connectivity index (χ4n) is 3.21. The largest absolute Gasteiger partial charge is 0.378 e. The van der Waals surface area contributed by atoms with Crippen LogP contribution < -0.4 is 13.9 Å². The van der Waals surface area contributed by atoms with Gasteiger partial charge in [-0.3, -0.25) is 9.03 Å². The third kappa shape index (κ3) is 4.25. The van der Waals surface area contributed by atoms with Gasteiger partial charge in [0.15, 0.2) is 0 Å². The van der Waals surface area contributed by atoms with Crippen LogP contribution >= 0.6 is 0 Å². The van der Waals surface area contributed by atoms with E-state index in [4.69, 9.17) is 0 Å². The normalized spacial score (nSPS) is 16.6. The Balaban J connectivity index is 1.86. The molecule has 1 aliphatic heterocycles. The lowest BCUT2D eigenvalue weighted by molar-refractivity contribution is 0.574. The van der Waals surface area contributed by atoms with Crippen LogP contribution in [0.4, 0.5) is 17.1 Å². The Bertz CT molecular complexity index is 1060. The van der Waals surface area contributed by atoms with Crippen molar-refractivity contribution in [1.29, 1.82) is 0 Å². The van der Waals surface area contributed by atoms with Crippen molar-refractivity contribution >= 4 is 37.1 Å². The molecule has 1 heterocycles. The second kappa shape index (κ2) is 7.63. The van der Waals surface area contributed by atoms with Crippen LogP contribution in [0.3, 0.4) is 0 Å². The van der Waals surface area contributed by atoms with E-state index in [1.54, 1.807) is 31.2 Å². The Kier molecular flexibility index (Phi) is 5.58. The van der Waals surface area contributed by atoms with Crippen LogP contribution in [-0.4, -0.2) is 43.2 Å². The highest BCUT2D eigenvalue weighted by Crippen LogP contribution is 2.28. The van der Waals surface area contributed by atoms with Gasteiger partial charge in [-0.05, 0) is 67.8 Å². The molecule has 1 N–H and O–H groups in total. The molecule has 2 aromatic carbocycles. The van der Waals surface area contributed by atoms with Crippen LogP contribution in [0.15, 0.2) is 47.4 Å². The lowest BCUT2D eigenvalue weighted by atomic mass is 10.2. The fourth-order valence-corrected chi connectivity index (χ4v) is 6.12. The molecule has 3 rings (SSSR count). The van der Waals surface area contributed by atoms with Crippen molar-refractivity contribution in [2.24, 2.45) is 0 Å². The molecular formula is C19H25N3O4S2. The Hall–Kier alpha value is -2.26. The smallest absolute Gasteiger partial charge is 0.262 e. The first-order chi connectivity index (χ1) is 13.1. The number of anilines is 3. The van der Waals surface area contributed by atoms with Crippen LogP contribution in [-0.2, 0) is 20.0 Å². The summed E-state index contributed by atoms with van der Waals surface area (Å²) in [5, 5.41) is 0. The van der Waals surface area contributed by atoms with E-state index in [0.29, 0.717) is 29.9 Å². The number of nitrogens with zero attached hydrogens (tertiary/aromatic N) is 2. The van der Waals surface area contributed by atoms with Crippen LogP contribution in [0.5, 0.6) is 0 Å². The lowest BCUT2D eigenvalue weighted by Crippen LogP contribution is -2.37. The summed E-state index contributed by atoms with van der Waals surface area (Å²) in [6, 6.07) is 11.7. The molecule has 0 amide bonds. The average molecular weight is 424 g/mol. The Morgan fingerprint density at radius 2 is 1.71 bits per heavy atom. The molecule has 0 aromatic heterocycles. The summed E-state index contributed by atoms with van der Waals surface area (Å²) in [6.45, 7) is 2.09. The summed E-state index contributed by atoms with van der Waals surface area (Å²) >= 11 is 0. The first-order valence-electron chi connectivity index (χ1n) is 9.01. The van der Waals surface area contributed by atoms with Crippen molar-refractivity contribution in [2.75, 3.05) is 40.3 Å². The number of aryl methyl sites for hydroxylation is 1. The molecule has 9 heteroatoms. The molecule has 7 nitrogen and oxygen atoms in total. The van der Waals surface area contributed by atoms with Crippen molar-refractivity contribution in [3.8, 4) is 0 Å². The van der Waals surface area contributed by atoms with E-state index in [9.17, 15) is 16.8 Å². The molecule has 0 radical (unpaired) electrons. The third-order valence-electron chi connectivity index (χ3n) is 4.72. The molecule has 28 heavy (non-hydrogen) atoms. The maximum atomic E-state index is 12.8. The van der Waals surface area contributed by atoms with Gasteiger partial charge in [0.05, 0.1) is 16.3 Å². The molecule has 1 aliphatic rings. The van der Waals surface area contributed by atoms with Crippen molar-refractivity contribution in [3.05, 3.63) is 48.0 Å². The van der Waals surface area contributed by atoms with Gasteiger partial charge in [0.2, 0.25) is 10.0 Å². The first kappa shape index (κ1) is 20.5. The van der Waals surface area contributed by atoms with Crippen LogP contribution in [0.1, 0.15) is 18.4 Å². The SMILES string of the molecule is Cc1cc(N2CCCCS2(=O)=O)ccc1S(=O)(=O)Nc1ccc(N(C)C)cc1. The summed E-state index contributed by atoms with van der Waals surface area (Å²) in [5.74, 6) is 0.122. The molecule has 0 atom stereocenters.